The van der Waals surface area contributed by atoms with Crippen molar-refractivity contribution < 1.29 is 23.7 Å². The van der Waals surface area contributed by atoms with E-state index < -0.39 is 0 Å². The summed E-state index contributed by atoms with van der Waals surface area (Å²) in [5.74, 6) is 2.23. The first kappa shape index (κ1) is 17.4. The first-order valence-corrected chi connectivity index (χ1v) is 7.28. The van der Waals surface area contributed by atoms with Gasteiger partial charge in [0, 0.05) is 5.57 Å². The van der Waals surface area contributed by atoms with Gasteiger partial charge in [-0.25, -0.2) is 0 Å². The molecule has 0 saturated carbocycles. The average Bonchev–Trinajstić information content (AvgIpc) is 2.65. The summed E-state index contributed by atoms with van der Waals surface area (Å²) >= 11 is 0. The van der Waals surface area contributed by atoms with Crippen LogP contribution in [-0.4, -0.2) is 34.7 Å². The van der Waals surface area contributed by atoms with Crippen molar-refractivity contribution in [3.63, 3.8) is 0 Å². The maximum atomic E-state index is 11.6. The Labute approximate surface area is 141 Å². The molecule has 0 spiro atoms. The Morgan fingerprint density at radius 3 is 1.83 bits per heavy atom. The van der Waals surface area contributed by atoms with Crippen LogP contribution >= 0.6 is 0 Å². The van der Waals surface area contributed by atoms with E-state index in [0.29, 0.717) is 28.4 Å². The largest absolute Gasteiger partial charge is 0.497 e. The van der Waals surface area contributed by atoms with Crippen molar-refractivity contribution in [1.82, 2.24) is 0 Å². The van der Waals surface area contributed by atoms with Gasteiger partial charge in [-0.05, 0) is 41.5 Å². The molecule has 0 aliphatic carbocycles. The summed E-state index contributed by atoms with van der Waals surface area (Å²) in [6.45, 7) is 0. The van der Waals surface area contributed by atoms with Crippen LogP contribution in [0.1, 0.15) is 11.1 Å². The smallest absolute Gasteiger partial charge is 0.203 e. The number of methoxy groups -OCH3 is 4. The molecule has 0 bridgehead atoms. The van der Waals surface area contributed by atoms with Crippen LogP contribution < -0.4 is 18.9 Å². The van der Waals surface area contributed by atoms with Crippen LogP contribution in [0.25, 0.3) is 11.6 Å². The van der Waals surface area contributed by atoms with Gasteiger partial charge in [-0.3, -0.25) is 4.79 Å². The van der Waals surface area contributed by atoms with Crippen molar-refractivity contribution in [2.75, 3.05) is 28.4 Å². The molecule has 0 atom stereocenters. The zero-order chi connectivity index (χ0) is 17.5. The Balaban J connectivity index is 2.49. The van der Waals surface area contributed by atoms with E-state index in [4.69, 9.17) is 18.9 Å². The molecule has 5 heteroatoms. The molecule has 0 aliphatic rings. The van der Waals surface area contributed by atoms with Crippen LogP contribution in [0.2, 0.25) is 0 Å². The normalized spacial score (nSPS) is 10.9. The Morgan fingerprint density at radius 2 is 1.42 bits per heavy atom. The van der Waals surface area contributed by atoms with Gasteiger partial charge in [0.2, 0.25) is 5.75 Å². The molecule has 0 unspecified atom stereocenters. The third kappa shape index (κ3) is 3.68. The van der Waals surface area contributed by atoms with Gasteiger partial charge in [-0.15, -0.1) is 0 Å². The van der Waals surface area contributed by atoms with Crippen molar-refractivity contribution >= 4 is 17.9 Å². The lowest BCUT2D eigenvalue weighted by Crippen LogP contribution is -1.97. The van der Waals surface area contributed by atoms with Crippen molar-refractivity contribution in [3.05, 3.63) is 47.5 Å². The Kier molecular flexibility index (Phi) is 5.84. The predicted octanol–water partition coefficient (Wildman–Crippen LogP) is 3.46. The molecule has 0 fully saturated rings. The van der Waals surface area contributed by atoms with Gasteiger partial charge < -0.3 is 18.9 Å². The summed E-state index contributed by atoms with van der Waals surface area (Å²) < 4.78 is 21.1. The molecule has 0 heterocycles. The standard InChI is InChI=1S/C19H20O5/c1-21-16-7-5-13(6-8-16)9-15(12-20)14-10-17(22-2)19(24-4)18(11-14)23-3/h5-12H,1-4H3/b15-9+. The summed E-state index contributed by atoms with van der Waals surface area (Å²) in [4.78, 5) is 11.6. The van der Waals surface area contributed by atoms with Crippen molar-refractivity contribution in [2.24, 2.45) is 0 Å². The number of carbonyl (C=O) groups is 1. The van der Waals surface area contributed by atoms with Crippen LogP contribution in [-0.2, 0) is 4.79 Å². The minimum atomic E-state index is 0.485. The van der Waals surface area contributed by atoms with Gasteiger partial charge in [-0.1, -0.05) is 12.1 Å². The van der Waals surface area contributed by atoms with Crippen LogP contribution in [0.5, 0.6) is 23.0 Å². The second-order valence-corrected chi connectivity index (χ2v) is 4.90. The number of ether oxygens (including phenoxy) is 4. The zero-order valence-electron chi connectivity index (χ0n) is 14.2. The summed E-state index contributed by atoms with van der Waals surface area (Å²) in [7, 11) is 6.22. The molecule has 0 saturated heterocycles. The van der Waals surface area contributed by atoms with E-state index >= 15 is 0 Å². The highest BCUT2D eigenvalue weighted by Gasteiger charge is 2.15. The molecule has 2 aromatic carbocycles. The van der Waals surface area contributed by atoms with E-state index in [-0.39, 0.29) is 0 Å². The second kappa shape index (κ2) is 8.06. The third-order valence-electron chi connectivity index (χ3n) is 3.56. The molecule has 24 heavy (non-hydrogen) atoms. The van der Waals surface area contributed by atoms with E-state index in [9.17, 15) is 4.79 Å². The molecular formula is C19H20O5. The number of rotatable bonds is 7. The lowest BCUT2D eigenvalue weighted by Gasteiger charge is -2.14. The SMILES string of the molecule is COc1ccc(/C=C(\C=O)c2cc(OC)c(OC)c(OC)c2)cc1. The van der Waals surface area contributed by atoms with E-state index in [1.54, 1.807) is 25.3 Å². The maximum Gasteiger partial charge on any atom is 0.203 e. The minimum Gasteiger partial charge on any atom is -0.497 e. The molecule has 0 N–H and O–H groups in total. The molecule has 126 valence electrons. The first-order chi connectivity index (χ1) is 11.7. The molecule has 5 nitrogen and oxygen atoms in total. The molecular weight excluding hydrogens is 308 g/mol. The summed E-state index contributed by atoms with van der Waals surface area (Å²) in [6.07, 6.45) is 2.58. The fourth-order valence-electron chi connectivity index (χ4n) is 2.31. The van der Waals surface area contributed by atoms with Gasteiger partial charge in [0.05, 0.1) is 28.4 Å². The lowest BCUT2D eigenvalue weighted by atomic mass is 10.0. The quantitative estimate of drug-likeness (QED) is 0.442. The number of allylic oxidation sites excluding steroid dienone is 1. The second-order valence-electron chi connectivity index (χ2n) is 4.90. The monoisotopic (exact) mass is 328 g/mol. The maximum absolute atomic E-state index is 11.6. The fourth-order valence-corrected chi connectivity index (χ4v) is 2.31. The highest BCUT2D eigenvalue weighted by molar-refractivity contribution is 6.13. The number of benzene rings is 2. The molecule has 2 rings (SSSR count). The third-order valence-corrected chi connectivity index (χ3v) is 3.56. The van der Waals surface area contributed by atoms with Gasteiger partial charge >= 0.3 is 0 Å². The highest BCUT2D eigenvalue weighted by Crippen LogP contribution is 2.39. The van der Waals surface area contributed by atoms with Crippen molar-refractivity contribution in [3.8, 4) is 23.0 Å². The van der Waals surface area contributed by atoms with Crippen LogP contribution in [0.3, 0.4) is 0 Å². The van der Waals surface area contributed by atoms with Gasteiger partial charge in [0.25, 0.3) is 0 Å². The van der Waals surface area contributed by atoms with E-state index in [1.165, 1.54) is 21.3 Å². The number of hydrogen-bond donors (Lipinski definition) is 0. The average molecular weight is 328 g/mol. The summed E-state index contributed by atoms with van der Waals surface area (Å²) in [5, 5.41) is 0. The molecule has 2 aromatic rings. The predicted molar refractivity (Wildman–Crippen MR) is 93.0 cm³/mol. The number of aldehydes is 1. The van der Waals surface area contributed by atoms with Gasteiger partial charge in [0.15, 0.2) is 17.8 Å². The highest BCUT2D eigenvalue weighted by atomic mass is 16.5. The van der Waals surface area contributed by atoms with E-state index in [2.05, 4.69) is 0 Å². The topological polar surface area (TPSA) is 54.0 Å². The van der Waals surface area contributed by atoms with E-state index in [0.717, 1.165) is 17.6 Å². The Morgan fingerprint density at radius 1 is 0.833 bits per heavy atom. The van der Waals surface area contributed by atoms with E-state index in [1.807, 2.05) is 24.3 Å². The molecule has 0 amide bonds. The zero-order valence-corrected chi connectivity index (χ0v) is 14.2. The summed E-state index contributed by atoms with van der Waals surface area (Å²) in [5.41, 5.74) is 2.06. The lowest BCUT2D eigenvalue weighted by molar-refractivity contribution is -0.103. The van der Waals surface area contributed by atoms with Gasteiger partial charge in [0.1, 0.15) is 5.75 Å². The molecule has 0 aliphatic heterocycles. The van der Waals surface area contributed by atoms with Gasteiger partial charge in [-0.2, -0.15) is 0 Å². The van der Waals surface area contributed by atoms with Crippen molar-refractivity contribution in [2.45, 2.75) is 0 Å². The van der Waals surface area contributed by atoms with Crippen LogP contribution in [0.4, 0.5) is 0 Å². The minimum absolute atomic E-state index is 0.485. The Hall–Kier alpha value is -2.95. The first-order valence-electron chi connectivity index (χ1n) is 7.28. The Bertz CT molecular complexity index is 707. The molecule has 0 aromatic heterocycles. The van der Waals surface area contributed by atoms with Crippen molar-refractivity contribution in [1.29, 1.82) is 0 Å². The summed E-state index contributed by atoms with van der Waals surface area (Å²) in [6, 6.07) is 10.9. The number of carbonyl (C=O) groups excluding carboxylic acids is 1. The fraction of sp³-hybridized carbons (Fsp3) is 0.211. The van der Waals surface area contributed by atoms with Crippen LogP contribution in [0.15, 0.2) is 36.4 Å². The van der Waals surface area contributed by atoms with Crippen LogP contribution in [0, 0.1) is 0 Å². The molecule has 0 radical (unpaired) electrons. The number of hydrogen-bond acceptors (Lipinski definition) is 5.